The summed E-state index contributed by atoms with van der Waals surface area (Å²) in [5.74, 6) is -0.410. The van der Waals surface area contributed by atoms with Gasteiger partial charge in [-0.2, -0.15) is 4.89 Å². The minimum atomic E-state index is -1.64. The number of carbonyl (C=O) groups is 1. The average Bonchev–Trinajstić information content (AvgIpc) is 2.89. The maximum absolute atomic E-state index is 12.2. The molecule has 0 saturated heterocycles. The lowest BCUT2D eigenvalue weighted by Crippen LogP contribution is -2.44. The molecule has 0 aliphatic heterocycles. The summed E-state index contributed by atoms with van der Waals surface area (Å²) in [6.07, 6.45) is 21.5. The van der Waals surface area contributed by atoms with Crippen LogP contribution in [0.1, 0.15) is 134 Å². The van der Waals surface area contributed by atoms with Gasteiger partial charge >= 0.3 is 5.97 Å². The molecular formula is C31H54O3Si. The molecule has 0 bridgehead atoms. The Kier molecular flexibility index (Phi) is 18.8. The van der Waals surface area contributed by atoms with Gasteiger partial charge in [0.1, 0.15) is 8.07 Å². The van der Waals surface area contributed by atoms with Crippen LogP contribution in [0.3, 0.4) is 0 Å². The molecular weight excluding hydrogens is 448 g/mol. The summed E-state index contributed by atoms with van der Waals surface area (Å²) in [7, 11) is -1.64. The fourth-order valence-corrected chi connectivity index (χ4v) is 7.82. The van der Waals surface area contributed by atoms with Crippen LogP contribution in [-0.2, 0) is 9.78 Å². The monoisotopic (exact) mass is 502 g/mol. The second kappa shape index (κ2) is 20.8. The van der Waals surface area contributed by atoms with Crippen molar-refractivity contribution in [2.45, 2.75) is 136 Å². The minimum absolute atomic E-state index is 0.410. The molecule has 0 aliphatic carbocycles. The number of benzene rings is 1. The van der Waals surface area contributed by atoms with Gasteiger partial charge in [-0.15, -0.1) is 6.58 Å². The molecule has 0 saturated carbocycles. The summed E-state index contributed by atoms with van der Waals surface area (Å²) in [5.41, 5.74) is 2.70. The van der Waals surface area contributed by atoms with E-state index in [2.05, 4.69) is 45.2 Å². The normalized spacial score (nSPS) is 11.5. The van der Waals surface area contributed by atoms with Crippen LogP contribution in [-0.4, -0.2) is 20.7 Å². The van der Waals surface area contributed by atoms with Crippen LogP contribution in [0.5, 0.6) is 0 Å². The SMILES string of the molecule is C=C[Si](CC)(CC)c1ccc(C(=O)OOCCCCCCCCCCCCCCCCCC)cc1. The Morgan fingerprint density at radius 3 is 1.54 bits per heavy atom. The molecule has 35 heavy (non-hydrogen) atoms. The Morgan fingerprint density at radius 2 is 1.14 bits per heavy atom. The number of carbonyl (C=O) groups excluding carboxylic acids is 1. The molecule has 0 spiro atoms. The molecule has 0 aliphatic rings. The summed E-state index contributed by atoms with van der Waals surface area (Å²) in [5, 5.41) is 1.32. The van der Waals surface area contributed by atoms with Crippen LogP contribution in [0.25, 0.3) is 0 Å². The molecule has 0 heterocycles. The topological polar surface area (TPSA) is 35.5 Å². The van der Waals surface area contributed by atoms with Crippen LogP contribution in [0.2, 0.25) is 12.1 Å². The zero-order valence-corrected chi connectivity index (χ0v) is 24.3. The number of hydrogen-bond donors (Lipinski definition) is 0. The van der Waals surface area contributed by atoms with Gasteiger partial charge in [-0.05, 0) is 18.6 Å². The summed E-state index contributed by atoms with van der Waals surface area (Å²) >= 11 is 0. The Morgan fingerprint density at radius 1 is 0.714 bits per heavy atom. The van der Waals surface area contributed by atoms with Gasteiger partial charge in [-0.1, -0.05) is 152 Å². The Bertz CT molecular complexity index is 652. The smallest absolute Gasteiger partial charge is 0.293 e. The van der Waals surface area contributed by atoms with E-state index in [0.29, 0.717) is 12.2 Å². The molecule has 1 aromatic rings. The molecule has 0 aromatic heterocycles. The van der Waals surface area contributed by atoms with Crippen molar-refractivity contribution < 1.29 is 14.6 Å². The molecule has 1 rings (SSSR count). The van der Waals surface area contributed by atoms with Crippen molar-refractivity contribution in [1.29, 1.82) is 0 Å². The largest absolute Gasteiger partial charge is 0.373 e. The van der Waals surface area contributed by atoms with Crippen LogP contribution in [0.15, 0.2) is 36.5 Å². The minimum Gasteiger partial charge on any atom is -0.293 e. The quantitative estimate of drug-likeness (QED) is 0.0647. The Hall–Kier alpha value is -1.39. The molecule has 0 amide bonds. The van der Waals surface area contributed by atoms with Gasteiger partial charge in [0, 0.05) is 0 Å². The maximum atomic E-state index is 12.2. The predicted octanol–water partition coefficient (Wildman–Crippen LogP) is 9.46. The van der Waals surface area contributed by atoms with Crippen molar-refractivity contribution in [3.8, 4) is 0 Å². The first kappa shape index (κ1) is 31.6. The molecule has 200 valence electrons. The third kappa shape index (κ3) is 13.5. The van der Waals surface area contributed by atoms with Crippen molar-refractivity contribution in [2.75, 3.05) is 6.61 Å². The number of rotatable bonds is 23. The highest BCUT2D eigenvalue weighted by Crippen LogP contribution is 2.17. The molecule has 0 fully saturated rings. The highest BCUT2D eigenvalue weighted by Gasteiger charge is 2.27. The summed E-state index contributed by atoms with van der Waals surface area (Å²) < 4.78 is 0. The van der Waals surface area contributed by atoms with E-state index in [1.807, 2.05) is 12.1 Å². The average molecular weight is 503 g/mol. The van der Waals surface area contributed by atoms with Crippen molar-refractivity contribution in [1.82, 2.24) is 0 Å². The maximum Gasteiger partial charge on any atom is 0.373 e. The van der Waals surface area contributed by atoms with E-state index in [1.54, 1.807) is 0 Å². The van der Waals surface area contributed by atoms with Crippen LogP contribution in [0, 0.1) is 0 Å². The van der Waals surface area contributed by atoms with Crippen molar-refractivity contribution >= 4 is 19.2 Å². The van der Waals surface area contributed by atoms with E-state index in [9.17, 15) is 4.79 Å². The van der Waals surface area contributed by atoms with E-state index < -0.39 is 14.0 Å². The number of hydrogen-bond acceptors (Lipinski definition) is 3. The van der Waals surface area contributed by atoms with Gasteiger partial charge in [-0.25, -0.2) is 4.79 Å². The first-order chi connectivity index (χ1) is 17.1. The molecule has 0 unspecified atom stereocenters. The zero-order valence-electron chi connectivity index (χ0n) is 23.3. The van der Waals surface area contributed by atoms with Gasteiger partial charge < -0.3 is 0 Å². The molecule has 4 heteroatoms. The second-order valence-corrected chi connectivity index (χ2v) is 14.9. The van der Waals surface area contributed by atoms with Crippen molar-refractivity contribution in [3.05, 3.63) is 42.1 Å². The van der Waals surface area contributed by atoms with E-state index >= 15 is 0 Å². The lowest BCUT2D eigenvalue weighted by atomic mass is 10.0. The third-order valence-corrected chi connectivity index (χ3v) is 12.4. The van der Waals surface area contributed by atoms with Crippen molar-refractivity contribution in [3.63, 3.8) is 0 Å². The van der Waals surface area contributed by atoms with Gasteiger partial charge in [0.2, 0.25) is 0 Å². The van der Waals surface area contributed by atoms with Crippen LogP contribution < -0.4 is 5.19 Å². The number of unbranched alkanes of at least 4 members (excludes halogenated alkanes) is 15. The van der Waals surface area contributed by atoms with Gasteiger partial charge in [-0.3, -0.25) is 4.89 Å². The molecule has 0 radical (unpaired) electrons. The highest BCUT2D eigenvalue weighted by molar-refractivity contribution is 6.95. The lowest BCUT2D eigenvalue weighted by Gasteiger charge is -2.25. The predicted molar refractivity (Wildman–Crippen MR) is 154 cm³/mol. The van der Waals surface area contributed by atoms with Crippen LogP contribution >= 0.6 is 0 Å². The second-order valence-electron chi connectivity index (χ2n) is 10.1. The fourth-order valence-electron chi connectivity index (χ4n) is 4.86. The van der Waals surface area contributed by atoms with Crippen molar-refractivity contribution in [2.24, 2.45) is 0 Å². The van der Waals surface area contributed by atoms with Gasteiger partial charge in [0.05, 0.1) is 12.2 Å². The van der Waals surface area contributed by atoms with Gasteiger partial charge in [0.25, 0.3) is 0 Å². The lowest BCUT2D eigenvalue weighted by molar-refractivity contribution is -0.241. The molecule has 1 aromatic carbocycles. The third-order valence-electron chi connectivity index (χ3n) is 7.56. The Labute approximate surface area is 218 Å². The van der Waals surface area contributed by atoms with Crippen LogP contribution in [0.4, 0.5) is 0 Å². The standard InChI is InChI=1S/C31H54O3Si/c1-5-9-10-11-12-13-14-15-16-17-18-19-20-21-22-23-28-33-34-31(32)29-24-26-30(27-25-29)35(6-2,7-3)8-4/h6,24-27H,2,5,7-23,28H2,1,3-4H3. The first-order valence-corrected chi connectivity index (χ1v) is 17.2. The Balaban J connectivity index is 1.98. The molecule has 0 atom stereocenters. The molecule has 3 nitrogen and oxygen atoms in total. The van der Waals surface area contributed by atoms with E-state index in [0.717, 1.165) is 24.9 Å². The zero-order chi connectivity index (χ0) is 25.6. The first-order valence-electron chi connectivity index (χ1n) is 14.7. The summed E-state index contributed by atoms with van der Waals surface area (Å²) in [6.45, 7) is 11.3. The summed E-state index contributed by atoms with van der Waals surface area (Å²) in [6, 6.07) is 10.1. The highest BCUT2D eigenvalue weighted by atomic mass is 28.3. The van der Waals surface area contributed by atoms with Gasteiger partial charge in [0.15, 0.2) is 0 Å². The van der Waals surface area contributed by atoms with E-state index in [1.165, 1.54) is 95.1 Å². The van der Waals surface area contributed by atoms with E-state index in [-0.39, 0.29) is 0 Å². The molecule has 0 N–H and O–H groups in total. The summed E-state index contributed by atoms with van der Waals surface area (Å²) in [4.78, 5) is 22.4. The fraction of sp³-hybridized carbons (Fsp3) is 0.710. The van der Waals surface area contributed by atoms with E-state index in [4.69, 9.17) is 9.78 Å².